The third kappa shape index (κ3) is 3.69. The number of carboxylic acid groups (broad SMARTS) is 1. The Kier molecular flexibility index (Phi) is 4.54. The van der Waals surface area contributed by atoms with Gasteiger partial charge in [-0.1, -0.05) is 11.6 Å². The molecule has 0 radical (unpaired) electrons. The maximum Gasteiger partial charge on any atom is 0.315 e. The highest BCUT2D eigenvalue weighted by Gasteiger charge is 2.32. The number of aliphatic carboxylic acids is 1. The van der Waals surface area contributed by atoms with E-state index in [0.29, 0.717) is 24.7 Å². The summed E-state index contributed by atoms with van der Waals surface area (Å²) in [5.41, 5.74) is 0. The van der Waals surface area contributed by atoms with Gasteiger partial charge >= 0.3 is 12.0 Å². The second kappa shape index (κ2) is 6.36. The molecule has 1 aromatic rings. The number of aryl methyl sites for hydroxylation is 1. The van der Waals surface area contributed by atoms with Crippen molar-refractivity contribution in [3.8, 4) is 0 Å². The van der Waals surface area contributed by atoms with Crippen LogP contribution < -0.4 is 10.6 Å². The van der Waals surface area contributed by atoms with E-state index in [9.17, 15) is 9.59 Å². The van der Waals surface area contributed by atoms with Gasteiger partial charge in [0.1, 0.15) is 0 Å². The fourth-order valence-electron chi connectivity index (χ4n) is 2.47. The summed E-state index contributed by atoms with van der Waals surface area (Å²) >= 11 is 0. The molecule has 3 N–H and O–H groups in total. The lowest BCUT2D eigenvalue weighted by Gasteiger charge is -2.16. The van der Waals surface area contributed by atoms with E-state index < -0.39 is 5.97 Å². The summed E-state index contributed by atoms with van der Waals surface area (Å²) in [6.45, 7) is 2.22. The van der Waals surface area contributed by atoms with Crippen molar-refractivity contribution in [2.24, 2.45) is 11.8 Å². The van der Waals surface area contributed by atoms with Crippen molar-refractivity contribution in [2.45, 2.75) is 32.7 Å². The number of rotatable bonds is 5. The molecule has 0 aliphatic heterocycles. The lowest BCUT2D eigenvalue weighted by Crippen LogP contribution is -2.39. The molecular weight excluding hydrogens is 264 g/mol. The average Bonchev–Trinajstić information content (AvgIpc) is 3.02. The van der Waals surface area contributed by atoms with Crippen LogP contribution in [0, 0.1) is 18.8 Å². The standard InChI is InChI=1S/C12H18N4O4/c1-7-15-10(16-20-7)6-14-12(19)13-5-8-3-2-4-9(8)11(17)18/h8-9H,2-6H2,1H3,(H,17,18)(H2,13,14,19). The highest BCUT2D eigenvalue weighted by Crippen LogP contribution is 2.31. The van der Waals surface area contributed by atoms with E-state index in [-0.39, 0.29) is 24.4 Å². The number of amides is 2. The summed E-state index contributed by atoms with van der Waals surface area (Å²) < 4.78 is 4.78. The molecule has 1 saturated carbocycles. The molecule has 1 heterocycles. The number of carbonyl (C=O) groups is 2. The molecule has 20 heavy (non-hydrogen) atoms. The van der Waals surface area contributed by atoms with E-state index in [1.54, 1.807) is 6.92 Å². The van der Waals surface area contributed by atoms with Gasteiger partial charge in [-0.2, -0.15) is 4.98 Å². The molecule has 0 spiro atoms. The van der Waals surface area contributed by atoms with E-state index >= 15 is 0 Å². The highest BCUT2D eigenvalue weighted by atomic mass is 16.5. The van der Waals surface area contributed by atoms with E-state index in [2.05, 4.69) is 20.8 Å². The van der Waals surface area contributed by atoms with Crippen molar-refractivity contribution in [3.05, 3.63) is 11.7 Å². The van der Waals surface area contributed by atoms with Crippen LogP contribution in [0.4, 0.5) is 4.79 Å². The number of hydrogen-bond acceptors (Lipinski definition) is 5. The molecule has 110 valence electrons. The number of nitrogens with one attached hydrogen (secondary N) is 2. The zero-order chi connectivity index (χ0) is 14.5. The second-order valence-corrected chi connectivity index (χ2v) is 4.93. The lowest BCUT2D eigenvalue weighted by molar-refractivity contribution is -0.142. The second-order valence-electron chi connectivity index (χ2n) is 4.93. The van der Waals surface area contributed by atoms with Crippen LogP contribution in [0.25, 0.3) is 0 Å². The normalized spacial score (nSPS) is 21.6. The van der Waals surface area contributed by atoms with Crippen molar-refractivity contribution in [2.75, 3.05) is 6.54 Å². The van der Waals surface area contributed by atoms with Crippen LogP contribution in [0.1, 0.15) is 31.0 Å². The summed E-state index contributed by atoms with van der Waals surface area (Å²) in [6.07, 6.45) is 2.42. The van der Waals surface area contributed by atoms with Gasteiger partial charge in [0.15, 0.2) is 5.82 Å². The third-order valence-corrected chi connectivity index (χ3v) is 3.48. The van der Waals surface area contributed by atoms with Gasteiger partial charge in [-0.15, -0.1) is 0 Å². The monoisotopic (exact) mass is 282 g/mol. The molecule has 2 unspecified atom stereocenters. The Labute approximate surface area is 115 Å². The largest absolute Gasteiger partial charge is 0.481 e. The Morgan fingerprint density at radius 2 is 2.20 bits per heavy atom. The number of carboxylic acids is 1. The number of hydrogen-bond donors (Lipinski definition) is 3. The minimum Gasteiger partial charge on any atom is -0.481 e. The van der Waals surface area contributed by atoms with Gasteiger partial charge in [0, 0.05) is 13.5 Å². The Bertz CT molecular complexity index is 488. The smallest absolute Gasteiger partial charge is 0.315 e. The van der Waals surface area contributed by atoms with Gasteiger partial charge in [-0.05, 0) is 18.8 Å². The van der Waals surface area contributed by atoms with Crippen LogP contribution in [0.2, 0.25) is 0 Å². The van der Waals surface area contributed by atoms with Crippen LogP contribution in [0.3, 0.4) is 0 Å². The third-order valence-electron chi connectivity index (χ3n) is 3.48. The zero-order valence-electron chi connectivity index (χ0n) is 11.3. The summed E-state index contributed by atoms with van der Waals surface area (Å²) in [7, 11) is 0. The first-order valence-corrected chi connectivity index (χ1v) is 6.60. The summed E-state index contributed by atoms with van der Waals surface area (Å²) in [6, 6.07) is -0.358. The fourth-order valence-corrected chi connectivity index (χ4v) is 2.47. The molecule has 2 rings (SSSR count). The van der Waals surface area contributed by atoms with Gasteiger partial charge in [0.25, 0.3) is 0 Å². The van der Waals surface area contributed by atoms with Crippen LogP contribution in [0.15, 0.2) is 4.52 Å². The molecular formula is C12H18N4O4. The lowest BCUT2D eigenvalue weighted by atomic mass is 9.96. The van der Waals surface area contributed by atoms with Gasteiger partial charge in [0.05, 0.1) is 12.5 Å². The molecule has 1 aliphatic carbocycles. The molecule has 8 nitrogen and oxygen atoms in total. The molecule has 0 saturated heterocycles. The Morgan fingerprint density at radius 3 is 2.85 bits per heavy atom. The number of nitrogens with zero attached hydrogens (tertiary/aromatic N) is 2. The SMILES string of the molecule is Cc1nc(CNC(=O)NCC2CCCC2C(=O)O)no1. The highest BCUT2D eigenvalue weighted by molar-refractivity contribution is 5.74. The Morgan fingerprint density at radius 1 is 1.40 bits per heavy atom. The zero-order valence-corrected chi connectivity index (χ0v) is 11.3. The molecule has 1 fully saturated rings. The van der Waals surface area contributed by atoms with Crippen molar-refractivity contribution in [3.63, 3.8) is 0 Å². The summed E-state index contributed by atoms with van der Waals surface area (Å²) in [5, 5.41) is 18.0. The topological polar surface area (TPSA) is 117 Å². The fraction of sp³-hybridized carbons (Fsp3) is 0.667. The van der Waals surface area contributed by atoms with Crippen molar-refractivity contribution >= 4 is 12.0 Å². The quantitative estimate of drug-likeness (QED) is 0.731. The van der Waals surface area contributed by atoms with Crippen molar-refractivity contribution in [1.29, 1.82) is 0 Å². The Hall–Kier alpha value is -2.12. The molecule has 2 atom stereocenters. The van der Waals surface area contributed by atoms with Crippen molar-refractivity contribution in [1.82, 2.24) is 20.8 Å². The van der Waals surface area contributed by atoms with Crippen molar-refractivity contribution < 1.29 is 19.2 Å². The molecule has 2 amide bonds. The number of urea groups is 1. The maximum absolute atomic E-state index is 11.6. The Balaban J connectivity index is 1.71. The molecule has 1 aromatic heterocycles. The predicted molar refractivity (Wildman–Crippen MR) is 67.7 cm³/mol. The van der Waals surface area contributed by atoms with Crippen LogP contribution in [0.5, 0.6) is 0 Å². The first-order chi connectivity index (χ1) is 9.56. The minimum atomic E-state index is -0.781. The predicted octanol–water partition coefficient (Wildman–Crippen LogP) is 0.678. The van der Waals surface area contributed by atoms with Gasteiger partial charge in [-0.3, -0.25) is 4.79 Å². The number of carbonyl (C=O) groups excluding carboxylic acids is 1. The average molecular weight is 282 g/mol. The van der Waals surface area contributed by atoms with E-state index in [1.807, 2.05) is 0 Å². The van der Waals surface area contributed by atoms with Gasteiger partial charge in [-0.25, -0.2) is 4.79 Å². The van der Waals surface area contributed by atoms with Crippen LogP contribution >= 0.6 is 0 Å². The van der Waals surface area contributed by atoms with Gasteiger partial charge < -0.3 is 20.3 Å². The van der Waals surface area contributed by atoms with Crippen LogP contribution in [-0.2, 0) is 11.3 Å². The number of aromatic nitrogens is 2. The molecule has 0 bridgehead atoms. The first kappa shape index (κ1) is 14.3. The molecule has 1 aliphatic rings. The van der Waals surface area contributed by atoms with E-state index in [4.69, 9.17) is 9.63 Å². The van der Waals surface area contributed by atoms with Gasteiger partial charge in [0.2, 0.25) is 5.89 Å². The maximum atomic E-state index is 11.6. The van der Waals surface area contributed by atoms with E-state index in [0.717, 1.165) is 12.8 Å². The van der Waals surface area contributed by atoms with E-state index in [1.165, 1.54) is 0 Å². The summed E-state index contributed by atoms with van der Waals surface area (Å²) in [4.78, 5) is 26.6. The summed E-state index contributed by atoms with van der Waals surface area (Å²) in [5.74, 6) is -0.280. The molecule has 0 aromatic carbocycles. The first-order valence-electron chi connectivity index (χ1n) is 6.60. The minimum absolute atomic E-state index is 0.00525. The molecule has 8 heteroatoms. The van der Waals surface area contributed by atoms with Crippen LogP contribution in [-0.4, -0.2) is 33.8 Å².